The lowest BCUT2D eigenvalue weighted by Crippen LogP contribution is -2.15. The summed E-state index contributed by atoms with van der Waals surface area (Å²) in [6, 6.07) is 16.4. The number of nitrogens with zero attached hydrogens (tertiary/aromatic N) is 2. The number of aliphatic hydroxyl groups excluding tert-OH is 1. The number of anilines is 1. The zero-order valence-corrected chi connectivity index (χ0v) is 16.7. The fraction of sp³-hybridized carbons (Fsp3) is 0.190. The molecule has 0 bridgehead atoms. The number of nitrogens with one attached hydrogen (secondary N) is 1. The van der Waals surface area contributed by atoms with Gasteiger partial charge in [0.15, 0.2) is 5.16 Å². The second kappa shape index (κ2) is 9.90. The van der Waals surface area contributed by atoms with Crippen LogP contribution in [-0.4, -0.2) is 39.4 Å². The smallest absolute Gasteiger partial charge is 0.337 e. The number of aliphatic hydroxyl groups is 1. The van der Waals surface area contributed by atoms with Crippen molar-refractivity contribution in [1.82, 2.24) is 9.55 Å². The molecule has 0 fully saturated rings. The number of aromatic nitrogens is 2. The summed E-state index contributed by atoms with van der Waals surface area (Å²) in [5.41, 5.74) is 2.67. The van der Waals surface area contributed by atoms with Crippen LogP contribution >= 0.6 is 11.8 Å². The number of carbonyl (C=O) groups excluding carboxylic acids is 2. The van der Waals surface area contributed by atoms with E-state index in [1.54, 1.807) is 30.5 Å². The van der Waals surface area contributed by atoms with E-state index >= 15 is 0 Å². The molecule has 0 atom stereocenters. The summed E-state index contributed by atoms with van der Waals surface area (Å²) >= 11 is 1.30. The molecule has 0 aliphatic heterocycles. The van der Waals surface area contributed by atoms with Crippen molar-refractivity contribution in [1.29, 1.82) is 0 Å². The molecule has 2 N–H and O–H groups in total. The van der Waals surface area contributed by atoms with Crippen molar-refractivity contribution in [3.63, 3.8) is 0 Å². The van der Waals surface area contributed by atoms with Crippen molar-refractivity contribution in [3.05, 3.63) is 77.6 Å². The van der Waals surface area contributed by atoms with E-state index < -0.39 is 5.97 Å². The van der Waals surface area contributed by atoms with Gasteiger partial charge in [0.05, 0.1) is 30.7 Å². The molecule has 8 heteroatoms. The fourth-order valence-electron chi connectivity index (χ4n) is 2.67. The second-order valence-electron chi connectivity index (χ2n) is 6.19. The molecule has 7 nitrogen and oxygen atoms in total. The zero-order chi connectivity index (χ0) is 20.6. The van der Waals surface area contributed by atoms with Gasteiger partial charge in [0.2, 0.25) is 5.91 Å². The summed E-state index contributed by atoms with van der Waals surface area (Å²) in [4.78, 5) is 28.1. The third kappa shape index (κ3) is 5.69. The Balaban J connectivity index is 1.61. The first-order valence-electron chi connectivity index (χ1n) is 8.91. The van der Waals surface area contributed by atoms with Gasteiger partial charge < -0.3 is 19.7 Å². The van der Waals surface area contributed by atoms with Gasteiger partial charge in [0.1, 0.15) is 0 Å². The number of imidazole rings is 1. The summed E-state index contributed by atoms with van der Waals surface area (Å²) in [6.07, 6.45) is 1.79. The Morgan fingerprint density at radius 2 is 1.86 bits per heavy atom. The predicted octanol–water partition coefficient (Wildman–Crippen LogP) is 2.94. The predicted molar refractivity (Wildman–Crippen MR) is 111 cm³/mol. The lowest BCUT2D eigenvalue weighted by molar-refractivity contribution is -0.113. The highest BCUT2D eigenvalue weighted by Crippen LogP contribution is 2.20. The van der Waals surface area contributed by atoms with Gasteiger partial charge in [-0.1, -0.05) is 42.1 Å². The van der Waals surface area contributed by atoms with E-state index in [9.17, 15) is 14.7 Å². The first kappa shape index (κ1) is 20.6. The van der Waals surface area contributed by atoms with Crippen molar-refractivity contribution in [2.75, 3.05) is 18.2 Å². The molecular formula is C21H21N3O4S. The monoisotopic (exact) mass is 411 g/mol. The van der Waals surface area contributed by atoms with Gasteiger partial charge in [-0.25, -0.2) is 9.78 Å². The SMILES string of the molecule is COC(=O)c1ccc(NC(=O)CSc2nc(CO)cn2Cc2ccccc2)cc1. The number of methoxy groups -OCH3 is 1. The van der Waals surface area contributed by atoms with Crippen LogP contribution in [0.1, 0.15) is 21.6 Å². The van der Waals surface area contributed by atoms with E-state index in [0.29, 0.717) is 28.6 Å². The van der Waals surface area contributed by atoms with Gasteiger partial charge in [-0.15, -0.1) is 0 Å². The van der Waals surface area contributed by atoms with Crippen LogP contribution in [0.5, 0.6) is 0 Å². The summed E-state index contributed by atoms with van der Waals surface area (Å²) in [5, 5.41) is 12.8. The van der Waals surface area contributed by atoms with Crippen LogP contribution < -0.4 is 5.32 Å². The van der Waals surface area contributed by atoms with Gasteiger partial charge in [-0.2, -0.15) is 0 Å². The Kier molecular flexibility index (Phi) is 7.04. The summed E-state index contributed by atoms with van der Waals surface area (Å²) < 4.78 is 6.57. The molecule has 0 radical (unpaired) electrons. The minimum atomic E-state index is -0.427. The summed E-state index contributed by atoms with van der Waals surface area (Å²) in [7, 11) is 1.32. The molecule has 0 saturated heterocycles. The Bertz CT molecular complexity index is 971. The van der Waals surface area contributed by atoms with Crippen molar-refractivity contribution >= 4 is 29.3 Å². The zero-order valence-electron chi connectivity index (χ0n) is 15.9. The lowest BCUT2D eigenvalue weighted by Gasteiger charge is -2.08. The van der Waals surface area contributed by atoms with Crippen molar-refractivity contribution in [3.8, 4) is 0 Å². The second-order valence-corrected chi connectivity index (χ2v) is 7.13. The minimum absolute atomic E-state index is 0.159. The lowest BCUT2D eigenvalue weighted by atomic mass is 10.2. The molecule has 2 aromatic carbocycles. The van der Waals surface area contributed by atoms with Crippen LogP contribution in [0.3, 0.4) is 0 Å². The van der Waals surface area contributed by atoms with Crippen LogP contribution in [0, 0.1) is 0 Å². The normalized spacial score (nSPS) is 10.6. The van der Waals surface area contributed by atoms with Gasteiger partial charge >= 0.3 is 5.97 Å². The van der Waals surface area contributed by atoms with E-state index in [4.69, 9.17) is 0 Å². The number of thioether (sulfide) groups is 1. The topological polar surface area (TPSA) is 93.4 Å². The van der Waals surface area contributed by atoms with Crippen molar-refractivity contribution in [2.45, 2.75) is 18.3 Å². The highest BCUT2D eigenvalue weighted by atomic mass is 32.2. The van der Waals surface area contributed by atoms with E-state index in [-0.39, 0.29) is 18.3 Å². The molecule has 1 amide bonds. The molecule has 1 aromatic heterocycles. The summed E-state index contributed by atoms with van der Waals surface area (Å²) in [6.45, 7) is 0.445. The average molecular weight is 411 g/mol. The first-order chi connectivity index (χ1) is 14.1. The molecule has 150 valence electrons. The van der Waals surface area contributed by atoms with Gasteiger partial charge in [0.25, 0.3) is 0 Å². The van der Waals surface area contributed by atoms with Gasteiger partial charge in [0, 0.05) is 18.4 Å². The number of hydrogen-bond acceptors (Lipinski definition) is 6. The maximum atomic E-state index is 12.3. The highest BCUT2D eigenvalue weighted by Gasteiger charge is 2.12. The Morgan fingerprint density at radius 3 is 2.52 bits per heavy atom. The molecule has 29 heavy (non-hydrogen) atoms. The Hall–Kier alpha value is -3.10. The molecule has 3 rings (SSSR count). The van der Waals surface area contributed by atoms with Gasteiger partial charge in [-0.05, 0) is 29.8 Å². The number of rotatable bonds is 8. The molecule has 0 aliphatic rings. The third-order valence-corrected chi connectivity index (χ3v) is 5.06. The fourth-order valence-corrected chi connectivity index (χ4v) is 3.47. The molecule has 0 aliphatic carbocycles. The molecule has 0 spiro atoms. The number of ether oxygens (including phenoxy) is 1. The van der Waals surface area contributed by atoms with Gasteiger partial charge in [-0.3, -0.25) is 4.79 Å². The molecular weight excluding hydrogens is 390 g/mol. The number of esters is 1. The molecule has 0 unspecified atom stereocenters. The van der Waals surface area contributed by atoms with Crippen LogP contribution in [0.25, 0.3) is 0 Å². The van der Waals surface area contributed by atoms with E-state index in [1.165, 1.54) is 18.9 Å². The maximum absolute atomic E-state index is 12.3. The molecule has 1 heterocycles. The Labute approximate surface area is 172 Å². The highest BCUT2D eigenvalue weighted by molar-refractivity contribution is 7.99. The van der Waals surface area contributed by atoms with Crippen LogP contribution in [-0.2, 0) is 22.7 Å². The maximum Gasteiger partial charge on any atom is 0.337 e. The first-order valence-corrected chi connectivity index (χ1v) is 9.89. The largest absolute Gasteiger partial charge is 0.465 e. The van der Waals surface area contributed by atoms with E-state index in [1.807, 2.05) is 34.9 Å². The number of carbonyl (C=O) groups is 2. The molecule has 3 aromatic rings. The Morgan fingerprint density at radius 1 is 1.14 bits per heavy atom. The minimum Gasteiger partial charge on any atom is -0.465 e. The quantitative estimate of drug-likeness (QED) is 0.437. The number of hydrogen-bond donors (Lipinski definition) is 2. The summed E-state index contributed by atoms with van der Waals surface area (Å²) in [5.74, 6) is -0.459. The number of amides is 1. The van der Waals surface area contributed by atoms with Crippen LogP contribution in [0.2, 0.25) is 0 Å². The molecule has 0 saturated carbocycles. The number of benzene rings is 2. The standard InChI is InChI=1S/C21H21N3O4S/c1-28-20(27)16-7-9-17(10-8-16)22-19(26)14-29-21-23-18(13-25)12-24(21)11-15-5-3-2-4-6-15/h2-10,12,25H,11,13-14H2,1H3,(H,22,26). The third-order valence-electron chi connectivity index (χ3n) is 4.07. The average Bonchev–Trinajstić information content (AvgIpc) is 3.14. The van der Waals surface area contributed by atoms with Crippen molar-refractivity contribution in [2.24, 2.45) is 0 Å². The van der Waals surface area contributed by atoms with Crippen molar-refractivity contribution < 1.29 is 19.4 Å². The van der Waals surface area contributed by atoms with Crippen LogP contribution in [0.4, 0.5) is 5.69 Å². The van der Waals surface area contributed by atoms with Crippen LogP contribution in [0.15, 0.2) is 66.0 Å². The van der Waals surface area contributed by atoms with E-state index in [2.05, 4.69) is 15.0 Å². The van der Waals surface area contributed by atoms with E-state index in [0.717, 1.165) is 5.56 Å².